The number of amides is 2. The van der Waals surface area contributed by atoms with Crippen molar-refractivity contribution in [3.05, 3.63) is 24.3 Å². The molecular weight excluding hydrogens is 298 g/mol. The molecule has 1 heterocycles. The van der Waals surface area contributed by atoms with Gasteiger partial charge in [-0.05, 0) is 24.3 Å². The zero-order valence-corrected chi connectivity index (χ0v) is 13.0. The van der Waals surface area contributed by atoms with Crippen molar-refractivity contribution in [2.24, 2.45) is 5.73 Å². The van der Waals surface area contributed by atoms with Crippen LogP contribution in [-0.2, 0) is 9.53 Å². The van der Waals surface area contributed by atoms with E-state index >= 15 is 0 Å². The molecule has 0 aromatic heterocycles. The van der Waals surface area contributed by atoms with Crippen LogP contribution in [0.1, 0.15) is 6.92 Å². The molecule has 2 amide bonds. The predicted molar refractivity (Wildman–Crippen MR) is 87.9 cm³/mol. The first-order valence-corrected chi connectivity index (χ1v) is 7.35. The third-order valence-corrected chi connectivity index (χ3v) is 3.47. The maximum absolute atomic E-state index is 11.9. The number of nitrogens with zero attached hydrogens (tertiary/aromatic N) is 2. The normalized spacial score (nSPS) is 16.9. The molecule has 1 unspecified atom stereocenters. The van der Waals surface area contributed by atoms with Gasteiger partial charge in [0, 0.05) is 31.4 Å². The highest BCUT2D eigenvalue weighted by molar-refractivity contribution is 5.90. The summed E-state index contributed by atoms with van der Waals surface area (Å²) in [5.41, 5.74) is 7.05. The number of nitrogens with one attached hydrogen (secondary N) is 2. The monoisotopic (exact) mass is 319 g/mol. The minimum Gasteiger partial charge on any atom is -0.442 e. The zero-order valence-electron chi connectivity index (χ0n) is 13.0. The largest absolute Gasteiger partial charge is 0.442 e. The molecule has 4 N–H and O–H groups in total. The molecule has 1 atom stereocenters. The van der Waals surface area contributed by atoms with Crippen molar-refractivity contribution in [2.45, 2.75) is 13.0 Å². The van der Waals surface area contributed by atoms with E-state index < -0.39 is 6.09 Å². The van der Waals surface area contributed by atoms with Gasteiger partial charge in [-0.25, -0.2) is 4.79 Å². The van der Waals surface area contributed by atoms with Crippen LogP contribution in [-0.4, -0.2) is 50.6 Å². The highest BCUT2D eigenvalue weighted by Gasteiger charge is 2.32. The van der Waals surface area contributed by atoms with Crippen LogP contribution in [0, 0.1) is 5.41 Å². The molecule has 1 aromatic rings. The van der Waals surface area contributed by atoms with Gasteiger partial charge in [0.2, 0.25) is 5.91 Å². The van der Waals surface area contributed by atoms with Crippen LogP contribution < -0.4 is 20.9 Å². The van der Waals surface area contributed by atoms with Crippen LogP contribution in [0.15, 0.2) is 24.3 Å². The van der Waals surface area contributed by atoms with Crippen LogP contribution in [0.3, 0.4) is 0 Å². The van der Waals surface area contributed by atoms with Crippen LogP contribution in [0.2, 0.25) is 0 Å². The van der Waals surface area contributed by atoms with Crippen molar-refractivity contribution in [3.8, 4) is 0 Å². The Morgan fingerprint density at radius 2 is 2.22 bits per heavy atom. The Bertz CT molecular complexity index is 575. The molecule has 124 valence electrons. The van der Waals surface area contributed by atoms with Gasteiger partial charge >= 0.3 is 6.09 Å². The van der Waals surface area contributed by atoms with Crippen molar-refractivity contribution < 1.29 is 14.3 Å². The van der Waals surface area contributed by atoms with E-state index in [2.05, 4.69) is 5.32 Å². The third kappa shape index (κ3) is 4.19. The summed E-state index contributed by atoms with van der Waals surface area (Å²) in [6.07, 6.45) is 0.426. The molecule has 0 saturated carbocycles. The summed E-state index contributed by atoms with van der Waals surface area (Å²) in [7, 11) is 0. The lowest BCUT2D eigenvalue weighted by atomic mass is 10.2. The zero-order chi connectivity index (χ0) is 16.8. The molecule has 23 heavy (non-hydrogen) atoms. The van der Waals surface area contributed by atoms with E-state index in [1.165, 1.54) is 18.2 Å². The van der Waals surface area contributed by atoms with E-state index in [9.17, 15) is 9.59 Å². The summed E-state index contributed by atoms with van der Waals surface area (Å²) in [6, 6.07) is 7.24. The number of hydrogen-bond acceptors (Lipinski definition) is 5. The number of nitrogens with two attached hydrogens (primary N) is 1. The third-order valence-electron chi connectivity index (χ3n) is 3.47. The second kappa shape index (κ2) is 7.59. The SMILES string of the molecule is CC(=O)NCC1CN(c2ccc(N(C=N)CCN)cc2)C(=O)O1. The predicted octanol–water partition coefficient (Wildman–Crippen LogP) is 0.520. The fourth-order valence-electron chi connectivity index (χ4n) is 2.33. The minimum atomic E-state index is -0.432. The highest BCUT2D eigenvalue weighted by Crippen LogP contribution is 2.24. The minimum absolute atomic E-state index is 0.157. The Kier molecular flexibility index (Phi) is 5.53. The fourth-order valence-corrected chi connectivity index (χ4v) is 2.33. The number of cyclic esters (lactones) is 1. The summed E-state index contributed by atoms with van der Waals surface area (Å²) in [5, 5.41) is 10.0. The average Bonchev–Trinajstić information content (AvgIpc) is 2.92. The Balaban J connectivity index is 2.03. The van der Waals surface area contributed by atoms with E-state index in [0.29, 0.717) is 31.9 Å². The van der Waals surface area contributed by atoms with Gasteiger partial charge in [0.25, 0.3) is 0 Å². The van der Waals surface area contributed by atoms with E-state index in [1.807, 2.05) is 12.1 Å². The molecule has 0 spiro atoms. The van der Waals surface area contributed by atoms with Crippen molar-refractivity contribution >= 4 is 29.7 Å². The van der Waals surface area contributed by atoms with Crippen LogP contribution in [0.5, 0.6) is 0 Å². The summed E-state index contributed by atoms with van der Waals surface area (Å²) < 4.78 is 5.23. The smallest absolute Gasteiger partial charge is 0.414 e. The lowest BCUT2D eigenvalue weighted by Crippen LogP contribution is -2.33. The molecule has 1 aliphatic heterocycles. The molecule has 0 aliphatic carbocycles. The van der Waals surface area contributed by atoms with Gasteiger partial charge in [0.1, 0.15) is 6.10 Å². The lowest BCUT2D eigenvalue weighted by Gasteiger charge is -2.19. The molecule has 1 aromatic carbocycles. The number of anilines is 2. The van der Waals surface area contributed by atoms with Crippen LogP contribution in [0.25, 0.3) is 0 Å². The standard InChI is InChI=1S/C15H21N5O3/c1-11(21)18-8-14-9-20(15(22)23-14)13-4-2-12(3-5-13)19(10-17)7-6-16/h2-5,10,14,17H,6-9,16H2,1H3,(H,18,21). The average molecular weight is 319 g/mol. The second-order valence-electron chi connectivity index (χ2n) is 5.18. The van der Waals surface area contributed by atoms with E-state index in [-0.39, 0.29) is 12.0 Å². The lowest BCUT2D eigenvalue weighted by molar-refractivity contribution is -0.119. The first-order chi connectivity index (χ1) is 11.0. The van der Waals surface area contributed by atoms with Gasteiger partial charge in [-0.3, -0.25) is 15.1 Å². The van der Waals surface area contributed by atoms with Gasteiger partial charge < -0.3 is 20.7 Å². The number of benzene rings is 1. The molecule has 1 aliphatic rings. The number of carbonyl (C=O) groups excluding carboxylic acids is 2. The maximum atomic E-state index is 11.9. The summed E-state index contributed by atoms with van der Waals surface area (Å²) in [4.78, 5) is 26.1. The van der Waals surface area contributed by atoms with Gasteiger partial charge in [0.05, 0.1) is 19.4 Å². The van der Waals surface area contributed by atoms with Gasteiger partial charge in [0.15, 0.2) is 0 Å². The van der Waals surface area contributed by atoms with Crippen molar-refractivity contribution in [1.82, 2.24) is 5.32 Å². The summed E-state index contributed by atoms with van der Waals surface area (Å²) in [6.45, 7) is 3.10. The Morgan fingerprint density at radius 1 is 1.52 bits per heavy atom. The number of hydrogen-bond donors (Lipinski definition) is 3. The van der Waals surface area contributed by atoms with Gasteiger partial charge in [-0.15, -0.1) is 0 Å². The van der Waals surface area contributed by atoms with Crippen molar-refractivity contribution in [1.29, 1.82) is 5.41 Å². The van der Waals surface area contributed by atoms with E-state index in [1.54, 1.807) is 17.0 Å². The molecule has 0 bridgehead atoms. The molecule has 2 rings (SSSR count). The quantitative estimate of drug-likeness (QED) is 0.501. The molecule has 8 nitrogen and oxygen atoms in total. The Hall–Kier alpha value is -2.61. The Labute approximate surface area is 134 Å². The van der Waals surface area contributed by atoms with E-state index in [0.717, 1.165) is 5.69 Å². The first kappa shape index (κ1) is 16.8. The Morgan fingerprint density at radius 3 is 2.78 bits per heavy atom. The number of rotatable bonds is 7. The maximum Gasteiger partial charge on any atom is 0.414 e. The van der Waals surface area contributed by atoms with Gasteiger partial charge in [-0.2, -0.15) is 0 Å². The van der Waals surface area contributed by atoms with Crippen LogP contribution in [0.4, 0.5) is 16.2 Å². The second-order valence-corrected chi connectivity index (χ2v) is 5.18. The molecule has 8 heteroatoms. The molecule has 1 fully saturated rings. The van der Waals surface area contributed by atoms with E-state index in [4.69, 9.17) is 15.9 Å². The van der Waals surface area contributed by atoms with Crippen LogP contribution >= 0.6 is 0 Å². The summed E-state index contributed by atoms with van der Waals surface area (Å²) in [5.74, 6) is -0.157. The van der Waals surface area contributed by atoms with Crippen molar-refractivity contribution in [3.63, 3.8) is 0 Å². The fraction of sp³-hybridized carbons (Fsp3) is 0.400. The molecule has 0 radical (unpaired) electrons. The molecule has 1 saturated heterocycles. The number of ether oxygens (including phenoxy) is 1. The first-order valence-electron chi connectivity index (χ1n) is 7.35. The van der Waals surface area contributed by atoms with Gasteiger partial charge in [-0.1, -0.05) is 0 Å². The topological polar surface area (TPSA) is 112 Å². The molecular formula is C15H21N5O3. The summed E-state index contributed by atoms with van der Waals surface area (Å²) >= 11 is 0. The van der Waals surface area contributed by atoms with Crippen molar-refractivity contribution in [2.75, 3.05) is 36.0 Å². The highest BCUT2D eigenvalue weighted by atomic mass is 16.6. The number of carbonyl (C=O) groups is 2.